The molecule has 18 heteroatoms. The van der Waals surface area contributed by atoms with E-state index in [1.165, 1.54) is 0 Å². The second kappa shape index (κ2) is 19.2. The Kier molecular flexibility index (Phi) is 15.6. The molecule has 1 amide bonds. The average Bonchev–Trinajstić information content (AvgIpc) is 3.25. The third kappa shape index (κ3) is 9.70. The molecule has 18 nitrogen and oxygen atoms in total. The van der Waals surface area contributed by atoms with Crippen LogP contribution >= 0.6 is 0 Å². The van der Waals surface area contributed by atoms with Gasteiger partial charge in [-0.3, -0.25) is 9.59 Å². The summed E-state index contributed by atoms with van der Waals surface area (Å²) in [5.41, 5.74) is -0.0203. The van der Waals surface area contributed by atoms with Crippen molar-refractivity contribution in [3.8, 4) is 0 Å². The van der Waals surface area contributed by atoms with Gasteiger partial charge >= 0.3 is 5.97 Å². The number of aliphatic hydroxyl groups excluding tert-OH is 9. The summed E-state index contributed by atoms with van der Waals surface area (Å²) >= 11 is 0. The van der Waals surface area contributed by atoms with Crippen molar-refractivity contribution in [2.75, 3.05) is 19.8 Å². The smallest absolute Gasteiger partial charge is 0.314 e. The van der Waals surface area contributed by atoms with Gasteiger partial charge in [0, 0.05) is 6.92 Å². The summed E-state index contributed by atoms with van der Waals surface area (Å²) in [5.74, 6) is -0.979. The molecular weight excluding hydrogens is 754 g/mol. The predicted molar refractivity (Wildman–Crippen MR) is 196 cm³/mol. The Morgan fingerprint density at radius 1 is 0.667 bits per heavy atom. The molecule has 19 atom stereocenters. The number of nitrogens with one attached hydrogen (secondary N) is 1. The van der Waals surface area contributed by atoms with Crippen molar-refractivity contribution in [1.29, 1.82) is 0 Å². The summed E-state index contributed by atoms with van der Waals surface area (Å²) in [4.78, 5) is 26.6. The molecule has 328 valence electrons. The fourth-order valence-electron chi connectivity index (χ4n) is 9.89. The molecule has 5 fully saturated rings. The number of hydrogen-bond acceptors (Lipinski definition) is 17. The van der Waals surface area contributed by atoms with Crippen molar-refractivity contribution < 1.29 is 84.0 Å². The maximum Gasteiger partial charge on any atom is 0.314 e. The van der Waals surface area contributed by atoms with Crippen LogP contribution in [0.3, 0.4) is 0 Å². The SMILES string of the molecule is C=C(C)[C@H]1CCC[C@H]2[C@](C)(CCC1)CCC[C@@]2(C)C(=O)O[C@@H]1O[C@H](CO)[C@@H](O)[C@H](O)[C@H]1O[C@@H]1O[C@H](CO)[C@@H](O)[C@H](O)[C@H]1O[C@@H]1O[C@H](CO)[C@@H](O)[C@H](O)[C@H]1NC(C)=O. The zero-order chi connectivity index (χ0) is 42.0. The quantitative estimate of drug-likeness (QED) is 0.0837. The van der Waals surface area contributed by atoms with Gasteiger partial charge in [-0.05, 0) is 69.6 Å². The normalized spacial score (nSPS) is 47.1. The van der Waals surface area contributed by atoms with Crippen LogP contribution in [0.2, 0.25) is 0 Å². The summed E-state index contributed by atoms with van der Waals surface area (Å²) in [5, 5.41) is 98.3. The van der Waals surface area contributed by atoms with Gasteiger partial charge in [0.05, 0.1) is 25.2 Å². The minimum Gasteiger partial charge on any atom is -0.432 e. The number of carbonyl (C=O) groups excluding carboxylic acids is 2. The van der Waals surface area contributed by atoms with Crippen LogP contribution in [-0.2, 0) is 38.0 Å². The molecule has 10 N–H and O–H groups in total. The third-order valence-electron chi connectivity index (χ3n) is 13.3. The van der Waals surface area contributed by atoms with Crippen LogP contribution < -0.4 is 5.32 Å². The first-order valence-corrected chi connectivity index (χ1v) is 20.2. The Morgan fingerprint density at radius 3 is 1.72 bits per heavy atom. The Balaban J connectivity index is 1.44. The molecule has 0 aromatic rings. The van der Waals surface area contributed by atoms with Crippen molar-refractivity contribution in [1.82, 2.24) is 5.32 Å². The maximum atomic E-state index is 14.6. The van der Waals surface area contributed by atoms with Gasteiger partial charge in [-0.15, -0.1) is 0 Å². The van der Waals surface area contributed by atoms with Crippen molar-refractivity contribution in [2.45, 2.75) is 178 Å². The topological polar surface area (TPSA) is 284 Å². The zero-order valence-electron chi connectivity index (χ0n) is 33.3. The Morgan fingerprint density at radius 2 is 1.16 bits per heavy atom. The van der Waals surface area contributed by atoms with Gasteiger partial charge in [0.1, 0.15) is 67.1 Å². The van der Waals surface area contributed by atoms with Crippen LogP contribution in [0.4, 0.5) is 0 Å². The van der Waals surface area contributed by atoms with E-state index in [0.29, 0.717) is 12.3 Å². The molecule has 5 rings (SSSR count). The van der Waals surface area contributed by atoms with Gasteiger partial charge in [-0.1, -0.05) is 38.3 Å². The van der Waals surface area contributed by atoms with Crippen molar-refractivity contribution in [2.24, 2.45) is 22.7 Å². The third-order valence-corrected chi connectivity index (χ3v) is 13.3. The molecule has 5 aliphatic rings. The molecule has 0 aromatic heterocycles. The van der Waals surface area contributed by atoms with Gasteiger partial charge in [-0.25, -0.2) is 0 Å². The molecular formula is C39H65NO17. The highest BCUT2D eigenvalue weighted by Crippen LogP contribution is 2.57. The van der Waals surface area contributed by atoms with Crippen LogP contribution in [0.25, 0.3) is 0 Å². The van der Waals surface area contributed by atoms with E-state index in [4.69, 9.17) is 28.4 Å². The van der Waals surface area contributed by atoms with E-state index in [2.05, 4.69) is 25.7 Å². The molecule has 2 aliphatic carbocycles. The average molecular weight is 820 g/mol. The van der Waals surface area contributed by atoms with Crippen LogP contribution in [0.15, 0.2) is 12.2 Å². The van der Waals surface area contributed by atoms with Gasteiger partial charge in [0.25, 0.3) is 0 Å². The number of allylic oxidation sites excluding steroid dienone is 1. The lowest BCUT2D eigenvalue weighted by Gasteiger charge is -2.52. The molecule has 3 aliphatic heterocycles. The molecule has 0 spiro atoms. The molecule has 0 unspecified atom stereocenters. The highest BCUT2D eigenvalue weighted by atomic mass is 16.8. The number of hydrogen-bond donors (Lipinski definition) is 10. The van der Waals surface area contributed by atoms with Crippen molar-refractivity contribution in [3.05, 3.63) is 12.2 Å². The second-order valence-electron chi connectivity index (χ2n) is 17.3. The van der Waals surface area contributed by atoms with Gasteiger partial charge in [0.15, 0.2) is 18.7 Å². The van der Waals surface area contributed by atoms with Crippen molar-refractivity contribution >= 4 is 11.9 Å². The molecule has 57 heavy (non-hydrogen) atoms. The first-order chi connectivity index (χ1) is 26.9. The predicted octanol–water partition coefficient (Wildman–Crippen LogP) is -1.52. The summed E-state index contributed by atoms with van der Waals surface area (Å²) in [6, 6.07) is -1.49. The highest BCUT2D eigenvalue weighted by Gasteiger charge is 2.58. The number of carbonyl (C=O) groups is 2. The Bertz CT molecular complexity index is 1370. The van der Waals surface area contributed by atoms with Crippen LogP contribution in [0.1, 0.15) is 85.5 Å². The monoisotopic (exact) mass is 819 g/mol. The van der Waals surface area contributed by atoms with Crippen LogP contribution in [-0.4, -0.2) is 170 Å². The number of esters is 1. The molecule has 0 bridgehead atoms. The standard InChI is InChI=1S/C39H65NO17/c1-18(2)20-9-6-11-24-38(4,12-7-10-20)13-8-14-39(24,5)37(51)57-36-33(31(50)28(47)23(17-43)54-36)56-35-32(30(49)27(46)22(16-42)53-35)55-34-25(40-19(3)44)29(48)26(45)21(15-41)52-34/h20-36,41-43,45-50H,1,6-17H2,2-5H3,(H,40,44)/t20-,21+,22+,23+,24-,25+,26+,27+,28+,29+,30-,31-,32+,33+,34-,35-,36-,38+,39+/m0/s1. The number of rotatable bonds is 11. The summed E-state index contributed by atoms with van der Waals surface area (Å²) in [7, 11) is 0. The van der Waals surface area contributed by atoms with E-state index < -0.39 is 129 Å². The minimum atomic E-state index is -1.94. The lowest BCUT2D eigenvalue weighted by atomic mass is 9.53. The second-order valence-corrected chi connectivity index (χ2v) is 17.3. The first kappa shape index (κ1) is 46.2. The van der Waals surface area contributed by atoms with Crippen molar-refractivity contribution in [3.63, 3.8) is 0 Å². The summed E-state index contributed by atoms with van der Waals surface area (Å²) < 4.78 is 35.6. The van der Waals surface area contributed by atoms with Gasteiger partial charge in [-0.2, -0.15) is 0 Å². The van der Waals surface area contributed by atoms with E-state index in [1.54, 1.807) is 0 Å². The fourth-order valence-corrected chi connectivity index (χ4v) is 9.89. The van der Waals surface area contributed by atoms with Gasteiger partial charge < -0.3 is 79.7 Å². The molecule has 0 aromatic carbocycles. The van der Waals surface area contributed by atoms with E-state index >= 15 is 0 Å². The summed E-state index contributed by atoms with van der Waals surface area (Å²) in [6.07, 6.45) is -16.4. The maximum absolute atomic E-state index is 14.6. The van der Waals surface area contributed by atoms with E-state index in [-0.39, 0.29) is 11.3 Å². The fraction of sp³-hybridized carbons (Fsp3) is 0.897. The lowest BCUT2D eigenvalue weighted by molar-refractivity contribution is -0.385. The number of aliphatic hydroxyl groups is 9. The van der Waals surface area contributed by atoms with Crippen LogP contribution in [0.5, 0.6) is 0 Å². The van der Waals surface area contributed by atoms with E-state index in [1.807, 2.05) is 6.92 Å². The highest BCUT2D eigenvalue weighted by molar-refractivity contribution is 5.77. The summed E-state index contributed by atoms with van der Waals surface area (Å²) in [6.45, 7) is 9.08. The molecule has 3 saturated heterocycles. The zero-order valence-corrected chi connectivity index (χ0v) is 33.3. The molecule has 0 radical (unpaired) electrons. The number of fused-ring (bicyclic) bond motifs is 1. The van der Waals surface area contributed by atoms with E-state index in [9.17, 15) is 55.5 Å². The van der Waals surface area contributed by atoms with Crippen LogP contribution in [0, 0.1) is 22.7 Å². The van der Waals surface area contributed by atoms with Gasteiger partial charge in [0.2, 0.25) is 12.2 Å². The Hall–Kier alpha value is -1.88. The number of ether oxygens (including phenoxy) is 6. The first-order valence-electron chi connectivity index (χ1n) is 20.2. The lowest BCUT2D eigenvalue weighted by Crippen LogP contribution is -2.68. The molecule has 3 heterocycles. The van der Waals surface area contributed by atoms with E-state index in [0.717, 1.165) is 63.9 Å². The minimum absolute atomic E-state index is 0.0766. The molecule has 2 saturated carbocycles. The number of amides is 1. The largest absolute Gasteiger partial charge is 0.432 e. The Labute approximate surface area is 333 Å².